The van der Waals surface area contributed by atoms with Crippen LogP contribution in [0.25, 0.3) is 0 Å². The van der Waals surface area contributed by atoms with Gasteiger partial charge in [-0.1, -0.05) is 29.8 Å². The average Bonchev–Trinajstić information content (AvgIpc) is 2.69. The SMILES string of the molecule is O=C(NCCc1ccccc1F)C1CCN(C(=O)c2cccnc2Cl)CC1. The van der Waals surface area contributed by atoms with Gasteiger partial charge in [0.25, 0.3) is 5.91 Å². The highest BCUT2D eigenvalue weighted by molar-refractivity contribution is 6.32. The molecular formula is C20H21ClFN3O2. The quantitative estimate of drug-likeness (QED) is 0.799. The maximum Gasteiger partial charge on any atom is 0.256 e. The van der Waals surface area contributed by atoms with E-state index in [-0.39, 0.29) is 28.7 Å². The standard InChI is InChI=1S/C20H21ClFN3O2/c21-18-16(5-3-10-23-18)20(27)25-12-8-15(9-13-25)19(26)24-11-7-14-4-1-2-6-17(14)22/h1-6,10,15H,7-9,11-13H2,(H,24,26). The van der Waals surface area contributed by atoms with Crippen molar-refractivity contribution in [1.29, 1.82) is 0 Å². The largest absolute Gasteiger partial charge is 0.356 e. The number of aromatic nitrogens is 1. The summed E-state index contributed by atoms with van der Waals surface area (Å²) in [5.74, 6) is -0.601. The number of carbonyl (C=O) groups excluding carboxylic acids is 2. The lowest BCUT2D eigenvalue weighted by atomic mass is 9.95. The van der Waals surface area contributed by atoms with Crippen molar-refractivity contribution in [3.8, 4) is 0 Å². The Hall–Kier alpha value is -2.47. The smallest absolute Gasteiger partial charge is 0.256 e. The van der Waals surface area contributed by atoms with Gasteiger partial charge in [-0.3, -0.25) is 9.59 Å². The Kier molecular flexibility index (Phi) is 6.40. The number of piperidine rings is 1. The van der Waals surface area contributed by atoms with Crippen molar-refractivity contribution in [2.75, 3.05) is 19.6 Å². The zero-order valence-electron chi connectivity index (χ0n) is 14.8. The van der Waals surface area contributed by atoms with E-state index in [4.69, 9.17) is 11.6 Å². The Morgan fingerprint density at radius 1 is 1.19 bits per heavy atom. The van der Waals surface area contributed by atoms with E-state index >= 15 is 0 Å². The molecule has 2 aromatic rings. The van der Waals surface area contributed by atoms with E-state index in [1.165, 1.54) is 12.3 Å². The summed E-state index contributed by atoms with van der Waals surface area (Å²) in [5, 5.41) is 3.06. The highest BCUT2D eigenvalue weighted by atomic mass is 35.5. The highest BCUT2D eigenvalue weighted by Crippen LogP contribution is 2.21. The van der Waals surface area contributed by atoms with Gasteiger partial charge in [0, 0.05) is 31.7 Å². The Bertz CT molecular complexity index is 822. The van der Waals surface area contributed by atoms with E-state index in [9.17, 15) is 14.0 Å². The summed E-state index contributed by atoms with van der Waals surface area (Å²) in [6.07, 6.45) is 3.18. The zero-order valence-corrected chi connectivity index (χ0v) is 15.6. The maximum atomic E-state index is 13.6. The van der Waals surface area contributed by atoms with Crippen LogP contribution in [0.5, 0.6) is 0 Å². The van der Waals surface area contributed by atoms with E-state index < -0.39 is 0 Å². The first-order valence-corrected chi connectivity index (χ1v) is 9.35. The molecule has 1 fully saturated rings. The first-order chi connectivity index (χ1) is 13.1. The average molecular weight is 390 g/mol. The predicted molar refractivity (Wildman–Crippen MR) is 101 cm³/mol. The Labute approximate surface area is 162 Å². The minimum Gasteiger partial charge on any atom is -0.356 e. The Morgan fingerprint density at radius 3 is 2.63 bits per heavy atom. The van der Waals surface area contributed by atoms with Gasteiger partial charge in [-0.25, -0.2) is 9.37 Å². The molecule has 2 heterocycles. The van der Waals surface area contributed by atoms with Crippen LogP contribution in [0.15, 0.2) is 42.6 Å². The lowest BCUT2D eigenvalue weighted by molar-refractivity contribution is -0.126. The fourth-order valence-electron chi connectivity index (χ4n) is 3.23. The lowest BCUT2D eigenvalue weighted by Crippen LogP contribution is -2.43. The molecule has 0 bridgehead atoms. The van der Waals surface area contributed by atoms with E-state index in [0.717, 1.165) is 0 Å². The number of amides is 2. The van der Waals surface area contributed by atoms with Crippen LogP contribution in [-0.4, -0.2) is 41.3 Å². The van der Waals surface area contributed by atoms with Gasteiger partial charge >= 0.3 is 0 Å². The number of carbonyl (C=O) groups is 2. The second-order valence-corrected chi connectivity index (χ2v) is 6.90. The highest BCUT2D eigenvalue weighted by Gasteiger charge is 2.28. The third kappa shape index (κ3) is 4.83. The van der Waals surface area contributed by atoms with Crippen molar-refractivity contribution < 1.29 is 14.0 Å². The molecule has 5 nitrogen and oxygen atoms in total. The van der Waals surface area contributed by atoms with Crippen molar-refractivity contribution in [1.82, 2.24) is 15.2 Å². The predicted octanol–water partition coefficient (Wildman–Crippen LogP) is 3.09. The van der Waals surface area contributed by atoms with Gasteiger partial charge in [-0.15, -0.1) is 0 Å². The van der Waals surface area contributed by atoms with Crippen molar-refractivity contribution >= 4 is 23.4 Å². The van der Waals surface area contributed by atoms with Crippen LogP contribution >= 0.6 is 11.6 Å². The van der Waals surface area contributed by atoms with Gasteiger partial charge in [0.05, 0.1) is 5.56 Å². The normalized spacial score (nSPS) is 14.8. The number of nitrogens with one attached hydrogen (secondary N) is 1. The summed E-state index contributed by atoms with van der Waals surface area (Å²) in [6.45, 7) is 1.38. The van der Waals surface area contributed by atoms with Crippen LogP contribution in [0.1, 0.15) is 28.8 Å². The van der Waals surface area contributed by atoms with Crippen LogP contribution in [0.4, 0.5) is 4.39 Å². The van der Waals surface area contributed by atoms with E-state index in [1.54, 1.807) is 35.2 Å². The minimum absolute atomic E-state index is 0.0437. The molecule has 1 aliphatic heterocycles. The molecule has 142 valence electrons. The number of hydrogen-bond donors (Lipinski definition) is 1. The molecule has 27 heavy (non-hydrogen) atoms. The maximum absolute atomic E-state index is 13.6. The number of likely N-dealkylation sites (tertiary alicyclic amines) is 1. The summed E-state index contributed by atoms with van der Waals surface area (Å²) in [5.41, 5.74) is 0.971. The topological polar surface area (TPSA) is 62.3 Å². The number of halogens is 2. The monoisotopic (exact) mass is 389 g/mol. The molecule has 1 saturated heterocycles. The second-order valence-electron chi connectivity index (χ2n) is 6.54. The van der Waals surface area contributed by atoms with Gasteiger partial charge in [0.2, 0.25) is 5.91 Å². The van der Waals surface area contributed by atoms with Gasteiger partial charge in [0.15, 0.2) is 0 Å². The fraction of sp³-hybridized carbons (Fsp3) is 0.350. The molecule has 2 amide bonds. The van der Waals surface area contributed by atoms with Gasteiger partial charge in [0.1, 0.15) is 11.0 Å². The van der Waals surface area contributed by atoms with Crippen LogP contribution in [0.3, 0.4) is 0 Å². The minimum atomic E-state index is -0.257. The molecular weight excluding hydrogens is 369 g/mol. The first-order valence-electron chi connectivity index (χ1n) is 8.97. The van der Waals surface area contributed by atoms with Crippen LogP contribution in [0, 0.1) is 11.7 Å². The summed E-state index contributed by atoms with van der Waals surface area (Å²) in [7, 11) is 0. The molecule has 0 radical (unpaired) electrons. The van der Waals surface area contributed by atoms with Crippen molar-refractivity contribution in [2.45, 2.75) is 19.3 Å². The number of benzene rings is 1. The number of pyridine rings is 1. The summed E-state index contributed by atoms with van der Waals surface area (Å²) in [6, 6.07) is 9.88. The number of hydrogen-bond acceptors (Lipinski definition) is 3. The second kappa shape index (κ2) is 8.95. The van der Waals surface area contributed by atoms with Gasteiger partial charge in [-0.2, -0.15) is 0 Å². The van der Waals surface area contributed by atoms with Crippen LogP contribution in [0.2, 0.25) is 5.15 Å². The van der Waals surface area contributed by atoms with E-state index in [0.29, 0.717) is 50.0 Å². The van der Waals surface area contributed by atoms with Crippen LogP contribution < -0.4 is 5.32 Å². The summed E-state index contributed by atoms with van der Waals surface area (Å²) >= 11 is 5.99. The van der Waals surface area contributed by atoms with Crippen LogP contribution in [-0.2, 0) is 11.2 Å². The third-order valence-corrected chi connectivity index (χ3v) is 5.10. The molecule has 1 aliphatic rings. The molecule has 3 rings (SSSR count). The molecule has 0 atom stereocenters. The third-order valence-electron chi connectivity index (χ3n) is 4.79. The molecule has 1 N–H and O–H groups in total. The lowest BCUT2D eigenvalue weighted by Gasteiger charge is -2.31. The molecule has 0 unspecified atom stereocenters. The Balaban J connectivity index is 1.46. The van der Waals surface area contributed by atoms with Crippen molar-refractivity contribution in [3.05, 3.63) is 64.7 Å². The van der Waals surface area contributed by atoms with Gasteiger partial charge in [-0.05, 0) is 43.0 Å². The Morgan fingerprint density at radius 2 is 1.93 bits per heavy atom. The van der Waals surface area contributed by atoms with Crippen molar-refractivity contribution in [2.24, 2.45) is 5.92 Å². The molecule has 0 aliphatic carbocycles. The molecule has 1 aromatic carbocycles. The fourth-order valence-corrected chi connectivity index (χ4v) is 3.43. The van der Waals surface area contributed by atoms with E-state index in [1.807, 2.05) is 0 Å². The summed E-state index contributed by atoms with van der Waals surface area (Å²) in [4.78, 5) is 30.5. The van der Waals surface area contributed by atoms with E-state index in [2.05, 4.69) is 10.3 Å². The molecule has 7 heteroatoms. The van der Waals surface area contributed by atoms with Crippen molar-refractivity contribution in [3.63, 3.8) is 0 Å². The summed E-state index contributed by atoms with van der Waals surface area (Å²) < 4.78 is 13.6. The number of rotatable bonds is 5. The molecule has 0 spiro atoms. The van der Waals surface area contributed by atoms with Gasteiger partial charge < -0.3 is 10.2 Å². The zero-order chi connectivity index (χ0) is 19.2. The number of nitrogens with zero attached hydrogens (tertiary/aromatic N) is 2. The molecule has 1 aromatic heterocycles. The first kappa shape index (κ1) is 19.3. The molecule has 0 saturated carbocycles.